The van der Waals surface area contributed by atoms with Crippen LogP contribution in [0.4, 0.5) is 0 Å². The van der Waals surface area contributed by atoms with Gasteiger partial charge in [-0.25, -0.2) is 0 Å². The number of nitrogens with one attached hydrogen (secondary N) is 2. The Morgan fingerprint density at radius 3 is 2.48 bits per heavy atom. The summed E-state index contributed by atoms with van der Waals surface area (Å²) in [7, 11) is 0. The first-order valence-corrected chi connectivity index (χ1v) is 7.16. The van der Waals surface area contributed by atoms with Crippen LogP contribution in [0.15, 0.2) is 24.3 Å². The summed E-state index contributed by atoms with van der Waals surface area (Å²) in [6, 6.07) is 6.62. The Kier molecular flexibility index (Phi) is 5.90. The van der Waals surface area contributed by atoms with E-state index in [-0.39, 0.29) is 17.2 Å². The number of hydrogen-bond donors (Lipinski definition) is 3. The van der Waals surface area contributed by atoms with Gasteiger partial charge in [0.15, 0.2) is 0 Å². The molecule has 4 N–H and O–H groups in total. The normalized spacial score (nSPS) is 12.6. The third-order valence-corrected chi connectivity index (χ3v) is 3.21. The maximum absolute atomic E-state index is 12.0. The van der Waals surface area contributed by atoms with E-state index < -0.39 is 6.04 Å². The monoisotopic (exact) mass is 291 g/mol. The van der Waals surface area contributed by atoms with Crippen LogP contribution in [0.2, 0.25) is 0 Å². The second kappa shape index (κ2) is 7.22. The summed E-state index contributed by atoms with van der Waals surface area (Å²) in [6.07, 6.45) is 0. The molecule has 0 spiro atoms. The molecule has 0 aliphatic rings. The second-order valence-corrected chi connectivity index (χ2v) is 6.12. The highest BCUT2D eigenvalue weighted by atomic mass is 16.2. The lowest BCUT2D eigenvalue weighted by Gasteiger charge is -2.25. The van der Waals surface area contributed by atoms with Crippen LogP contribution in [0.1, 0.15) is 43.6 Å². The minimum Gasteiger partial charge on any atom is -0.352 e. The molecule has 5 nitrogen and oxygen atoms in total. The van der Waals surface area contributed by atoms with Gasteiger partial charge >= 0.3 is 0 Å². The van der Waals surface area contributed by atoms with Crippen molar-refractivity contribution in [3.05, 3.63) is 35.4 Å². The Morgan fingerprint density at radius 1 is 1.24 bits per heavy atom. The number of carbonyl (C=O) groups excluding carboxylic acids is 2. The largest absolute Gasteiger partial charge is 0.352 e. The van der Waals surface area contributed by atoms with Crippen molar-refractivity contribution in [1.82, 2.24) is 10.6 Å². The predicted octanol–water partition coefficient (Wildman–Crippen LogP) is 1.43. The highest BCUT2D eigenvalue weighted by Gasteiger charge is 2.27. The minimum absolute atomic E-state index is 0.114. The van der Waals surface area contributed by atoms with Crippen LogP contribution in [-0.2, 0) is 11.3 Å². The summed E-state index contributed by atoms with van der Waals surface area (Å²) in [5, 5.41) is 5.55. The molecule has 1 rings (SSSR count). The van der Waals surface area contributed by atoms with E-state index >= 15 is 0 Å². The average Bonchev–Trinajstić information content (AvgIpc) is 2.43. The van der Waals surface area contributed by atoms with Gasteiger partial charge in [0.25, 0.3) is 5.91 Å². The fourth-order valence-corrected chi connectivity index (χ4v) is 1.78. The van der Waals surface area contributed by atoms with Crippen molar-refractivity contribution in [2.75, 3.05) is 6.54 Å². The van der Waals surface area contributed by atoms with Crippen LogP contribution in [0, 0.1) is 5.41 Å². The summed E-state index contributed by atoms with van der Waals surface area (Å²) in [6.45, 7) is 8.58. The van der Waals surface area contributed by atoms with Gasteiger partial charge in [0.1, 0.15) is 0 Å². The zero-order valence-electron chi connectivity index (χ0n) is 13.2. The van der Waals surface area contributed by atoms with E-state index in [1.165, 1.54) is 0 Å². The number of hydrogen-bond acceptors (Lipinski definition) is 3. The summed E-state index contributed by atoms with van der Waals surface area (Å²) in [5.74, 6) is -0.303. The first-order valence-electron chi connectivity index (χ1n) is 7.16. The van der Waals surface area contributed by atoms with Crippen LogP contribution < -0.4 is 16.4 Å². The third kappa shape index (κ3) is 5.19. The Hall–Kier alpha value is -1.88. The van der Waals surface area contributed by atoms with Crippen molar-refractivity contribution < 1.29 is 9.59 Å². The van der Waals surface area contributed by atoms with Gasteiger partial charge < -0.3 is 16.4 Å². The van der Waals surface area contributed by atoms with Crippen molar-refractivity contribution in [3.8, 4) is 0 Å². The summed E-state index contributed by atoms with van der Waals surface area (Å²) >= 11 is 0. The van der Waals surface area contributed by atoms with E-state index in [0.29, 0.717) is 18.7 Å². The zero-order chi connectivity index (χ0) is 16.0. The molecule has 0 fully saturated rings. The van der Waals surface area contributed by atoms with Gasteiger partial charge in [0, 0.05) is 18.7 Å². The standard InChI is InChI=1S/C16H25N3O2/c1-5-18-14(20)12-8-6-7-11(9-12)10-19-15(21)13(17)16(2,3)4/h6-9,13H,5,10,17H2,1-4H3,(H,18,20)(H,19,21)/t13-/m1/s1. The highest BCUT2D eigenvalue weighted by molar-refractivity contribution is 5.94. The van der Waals surface area contributed by atoms with Gasteiger partial charge in [0.2, 0.25) is 5.91 Å². The van der Waals surface area contributed by atoms with Crippen LogP contribution >= 0.6 is 0 Å². The van der Waals surface area contributed by atoms with Crippen molar-refractivity contribution in [3.63, 3.8) is 0 Å². The Morgan fingerprint density at radius 2 is 1.90 bits per heavy atom. The van der Waals surface area contributed by atoms with Gasteiger partial charge in [-0.3, -0.25) is 9.59 Å². The van der Waals surface area contributed by atoms with Crippen LogP contribution in [0.25, 0.3) is 0 Å². The van der Waals surface area contributed by atoms with Crippen LogP contribution in [-0.4, -0.2) is 24.4 Å². The number of benzene rings is 1. The fraction of sp³-hybridized carbons (Fsp3) is 0.500. The lowest BCUT2D eigenvalue weighted by molar-refractivity contribution is -0.124. The number of amides is 2. The smallest absolute Gasteiger partial charge is 0.251 e. The molecular weight excluding hydrogens is 266 g/mol. The third-order valence-electron chi connectivity index (χ3n) is 3.21. The minimum atomic E-state index is -0.566. The Bertz CT molecular complexity index is 506. The molecular formula is C16H25N3O2. The SMILES string of the molecule is CCNC(=O)c1cccc(CNC(=O)[C@@H](N)C(C)(C)C)c1. The fourth-order valence-electron chi connectivity index (χ4n) is 1.78. The first kappa shape index (κ1) is 17.2. The van der Waals surface area contributed by atoms with Crippen molar-refractivity contribution >= 4 is 11.8 Å². The molecule has 0 unspecified atom stereocenters. The van der Waals surface area contributed by atoms with E-state index in [0.717, 1.165) is 5.56 Å². The average molecular weight is 291 g/mol. The quantitative estimate of drug-likeness (QED) is 0.767. The van der Waals surface area contributed by atoms with Gasteiger partial charge in [-0.05, 0) is 30.0 Å². The lowest BCUT2D eigenvalue weighted by Crippen LogP contribution is -2.48. The molecule has 0 bridgehead atoms. The first-order chi connectivity index (χ1) is 9.75. The molecule has 116 valence electrons. The molecule has 1 aromatic carbocycles. The molecule has 0 radical (unpaired) electrons. The summed E-state index contributed by atoms with van der Waals surface area (Å²) in [4.78, 5) is 23.7. The van der Waals surface area contributed by atoms with E-state index in [1.54, 1.807) is 18.2 Å². The topological polar surface area (TPSA) is 84.2 Å². The summed E-state index contributed by atoms with van der Waals surface area (Å²) < 4.78 is 0. The van der Waals surface area contributed by atoms with Crippen molar-refractivity contribution in [1.29, 1.82) is 0 Å². The number of nitrogens with two attached hydrogens (primary N) is 1. The van der Waals surface area contributed by atoms with E-state index in [2.05, 4.69) is 10.6 Å². The second-order valence-electron chi connectivity index (χ2n) is 6.12. The Labute approximate surface area is 126 Å². The molecule has 2 amide bonds. The molecule has 0 saturated heterocycles. The number of carbonyl (C=O) groups is 2. The zero-order valence-corrected chi connectivity index (χ0v) is 13.2. The van der Waals surface area contributed by atoms with Crippen LogP contribution in [0.5, 0.6) is 0 Å². The summed E-state index contributed by atoms with van der Waals surface area (Å²) in [5.41, 5.74) is 7.07. The molecule has 0 heterocycles. The van der Waals surface area contributed by atoms with E-state index in [1.807, 2.05) is 33.8 Å². The van der Waals surface area contributed by atoms with Gasteiger partial charge in [0.05, 0.1) is 6.04 Å². The maximum atomic E-state index is 12.0. The van der Waals surface area contributed by atoms with Crippen LogP contribution in [0.3, 0.4) is 0 Å². The van der Waals surface area contributed by atoms with Crippen molar-refractivity contribution in [2.45, 2.75) is 40.3 Å². The molecule has 1 atom stereocenters. The van der Waals surface area contributed by atoms with Gasteiger partial charge in [-0.1, -0.05) is 32.9 Å². The van der Waals surface area contributed by atoms with Gasteiger partial charge in [-0.15, -0.1) is 0 Å². The molecule has 0 aliphatic carbocycles. The molecule has 0 saturated carbocycles. The predicted molar refractivity (Wildman–Crippen MR) is 83.7 cm³/mol. The molecule has 5 heteroatoms. The molecule has 1 aromatic rings. The van der Waals surface area contributed by atoms with Gasteiger partial charge in [-0.2, -0.15) is 0 Å². The maximum Gasteiger partial charge on any atom is 0.251 e. The Balaban J connectivity index is 2.66. The highest BCUT2D eigenvalue weighted by Crippen LogP contribution is 2.17. The van der Waals surface area contributed by atoms with Crippen molar-refractivity contribution in [2.24, 2.45) is 11.1 Å². The molecule has 0 aliphatic heterocycles. The molecule has 0 aromatic heterocycles. The lowest BCUT2D eigenvalue weighted by atomic mass is 9.87. The van der Waals surface area contributed by atoms with E-state index in [4.69, 9.17) is 5.73 Å². The number of rotatable bonds is 5. The van der Waals surface area contributed by atoms with E-state index in [9.17, 15) is 9.59 Å². The molecule has 21 heavy (non-hydrogen) atoms.